The van der Waals surface area contributed by atoms with Gasteiger partial charge in [0, 0.05) is 6.61 Å². The molecule has 0 rings (SSSR count). The van der Waals surface area contributed by atoms with Gasteiger partial charge in [-0.05, 0) is 26.9 Å². The van der Waals surface area contributed by atoms with E-state index >= 15 is 0 Å². The van der Waals surface area contributed by atoms with Crippen LogP contribution in [0, 0.1) is 0 Å². The maximum Gasteiger partial charge on any atom is 0.0647 e. The molecule has 60 valence electrons. The third kappa shape index (κ3) is 7.66. The molecule has 0 bridgehead atoms. The Morgan fingerprint density at radius 2 is 2.30 bits per heavy atom. The van der Waals surface area contributed by atoms with Gasteiger partial charge in [-0.15, -0.1) is 0 Å². The maximum atomic E-state index is 5.25. The molecule has 0 aliphatic rings. The zero-order chi connectivity index (χ0) is 7.66. The van der Waals surface area contributed by atoms with Gasteiger partial charge in [0.2, 0.25) is 0 Å². The SMILES string of the molecule is CC=CCOCCCNC. The molecule has 0 aromatic carbocycles. The van der Waals surface area contributed by atoms with Gasteiger partial charge in [0.15, 0.2) is 0 Å². The minimum Gasteiger partial charge on any atom is -0.377 e. The topological polar surface area (TPSA) is 21.3 Å². The van der Waals surface area contributed by atoms with Crippen LogP contribution in [0.25, 0.3) is 0 Å². The number of nitrogens with one attached hydrogen (secondary N) is 1. The summed E-state index contributed by atoms with van der Waals surface area (Å²) in [5.41, 5.74) is 0. The number of hydrogen-bond donors (Lipinski definition) is 1. The highest BCUT2D eigenvalue weighted by Gasteiger charge is 1.83. The summed E-state index contributed by atoms with van der Waals surface area (Å²) in [7, 11) is 1.95. The summed E-state index contributed by atoms with van der Waals surface area (Å²) in [5.74, 6) is 0. The highest BCUT2D eigenvalue weighted by atomic mass is 16.5. The largest absolute Gasteiger partial charge is 0.377 e. The summed E-state index contributed by atoms with van der Waals surface area (Å²) in [6.07, 6.45) is 5.10. The molecule has 0 aliphatic heterocycles. The van der Waals surface area contributed by atoms with Crippen LogP contribution in [-0.4, -0.2) is 26.8 Å². The van der Waals surface area contributed by atoms with Gasteiger partial charge in [-0.1, -0.05) is 12.2 Å². The van der Waals surface area contributed by atoms with Crippen molar-refractivity contribution in [3.05, 3.63) is 12.2 Å². The second-order valence-corrected chi connectivity index (χ2v) is 2.10. The highest BCUT2D eigenvalue weighted by Crippen LogP contribution is 1.81. The summed E-state index contributed by atoms with van der Waals surface area (Å²) in [6.45, 7) is 4.64. The minimum atomic E-state index is 0.750. The van der Waals surface area contributed by atoms with E-state index < -0.39 is 0 Å². The van der Waals surface area contributed by atoms with Crippen molar-refractivity contribution < 1.29 is 4.74 Å². The van der Waals surface area contributed by atoms with Crippen LogP contribution in [0.5, 0.6) is 0 Å². The molecule has 0 heterocycles. The van der Waals surface area contributed by atoms with Gasteiger partial charge >= 0.3 is 0 Å². The average molecular weight is 143 g/mol. The number of rotatable bonds is 6. The first-order chi connectivity index (χ1) is 4.91. The van der Waals surface area contributed by atoms with E-state index in [1.165, 1.54) is 0 Å². The van der Waals surface area contributed by atoms with Crippen LogP contribution in [-0.2, 0) is 4.74 Å². The molecule has 10 heavy (non-hydrogen) atoms. The fraction of sp³-hybridized carbons (Fsp3) is 0.750. The smallest absolute Gasteiger partial charge is 0.0647 e. The summed E-state index contributed by atoms with van der Waals surface area (Å²) in [5, 5.41) is 3.06. The second kappa shape index (κ2) is 8.66. The Kier molecular flexibility index (Phi) is 8.37. The van der Waals surface area contributed by atoms with E-state index in [9.17, 15) is 0 Å². The van der Waals surface area contributed by atoms with Crippen LogP contribution in [0.4, 0.5) is 0 Å². The molecule has 0 aromatic rings. The zero-order valence-corrected chi connectivity index (χ0v) is 6.89. The highest BCUT2D eigenvalue weighted by molar-refractivity contribution is 4.75. The molecule has 0 aromatic heterocycles. The third-order valence-corrected chi connectivity index (χ3v) is 1.17. The minimum absolute atomic E-state index is 0.750. The van der Waals surface area contributed by atoms with Crippen molar-refractivity contribution in [3.63, 3.8) is 0 Å². The molecule has 0 radical (unpaired) electrons. The molecular weight excluding hydrogens is 126 g/mol. The van der Waals surface area contributed by atoms with Crippen molar-refractivity contribution >= 4 is 0 Å². The molecule has 0 saturated carbocycles. The lowest BCUT2D eigenvalue weighted by Gasteiger charge is -1.99. The Balaban J connectivity index is 2.77. The lowest BCUT2D eigenvalue weighted by Crippen LogP contribution is -2.10. The average Bonchev–Trinajstić information content (AvgIpc) is 1.97. The summed E-state index contributed by atoms with van der Waals surface area (Å²) >= 11 is 0. The van der Waals surface area contributed by atoms with Crippen molar-refractivity contribution in [2.75, 3.05) is 26.8 Å². The van der Waals surface area contributed by atoms with E-state index in [0.29, 0.717) is 0 Å². The van der Waals surface area contributed by atoms with E-state index in [1.807, 2.05) is 26.1 Å². The molecule has 0 unspecified atom stereocenters. The third-order valence-electron chi connectivity index (χ3n) is 1.17. The van der Waals surface area contributed by atoms with Crippen LogP contribution in [0.1, 0.15) is 13.3 Å². The molecule has 1 N–H and O–H groups in total. The van der Waals surface area contributed by atoms with Crippen molar-refractivity contribution in [1.29, 1.82) is 0 Å². The molecule has 2 nitrogen and oxygen atoms in total. The van der Waals surface area contributed by atoms with Crippen molar-refractivity contribution in [2.45, 2.75) is 13.3 Å². The quantitative estimate of drug-likeness (QED) is 0.445. The molecule has 2 heteroatoms. The summed E-state index contributed by atoms with van der Waals surface area (Å²) in [4.78, 5) is 0. The molecule has 0 atom stereocenters. The van der Waals surface area contributed by atoms with E-state index in [-0.39, 0.29) is 0 Å². The normalized spacial score (nSPS) is 11.0. The lowest BCUT2D eigenvalue weighted by molar-refractivity contribution is 0.159. The van der Waals surface area contributed by atoms with Gasteiger partial charge < -0.3 is 10.1 Å². The van der Waals surface area contributed by atoms with Gasteiger partial charge in [-0.2, -0.15) is 0 Å². The standard InChI is InChI=1S/C8H17NO/c1-3-4-7-10-8-5-6-9-2/h3-4,9H,5-8H2,1-2H3. The van der Waals surface area contributed by atoms with Crippen molar-refractivity contribution in [1.82, 2.24) is 5.32 Å². The first-order valence-electron chi connectivity index (χ1n) is 3.75. The van der Waals surface area contributed by atoms with E-state index in [4.69, 9.17) is 4.74 Å². The van der Waals surface area contributed by atoms with Crippen LogP contribution >= 0.6 is 0 Å². The summed E-state index contributed by atoms with van der Waals surface area (Å²) < 4.78 is 5.25. The van der Waals surface area contributed by atoms with Crippen LogP contribution in [0.2, 0.25) is 0 Å². The van der Waals surface area contributed by atoms with Crippen molar-refractivity contribution in [2.24, 2.45) is 0 Å². The zero-order valence-electron chi connectivity index (χ0n) is 6.89. The molecular formula is C8H17NO. The molecule has 0 saturated heterocycles. The first kappa shape index (κ1) is 9.66. The van der Waals surface area contributed by atoms with E-state index in [1.54, 1.807) is 0 Å². The fourth-order valence-electron chi connectivity index (χ4n) is 0.599. The Hall–Kier alpha value is -0.340. The monoisotopic (exact) mass is 143 g/mol. The molecule has 0 fully saturated rings. The number of hydrogen-bond acceptors (Lipinski definition) is 2. The number of allylic oxidation sites excluding steroid dienone is 1. The van der Waals surface area contributed by atoms with Crippen LogP contribution in [0.3, 0.4) is 0 Å². The Morgan fingerprint density at radius 1 is 1.50 bits per heavy atom. The van der Waals surface area contributed by atoms with Gasteiger partial charge in [-0.3, -0.25) is 0 Å². The molecule has 0 amide bonds. The van der Waals surface area contributed by atoms with E-state index in [0.717, 1.165) is 26.2 Å². The van der Waals surface area contributed by atoms with Gasteiger partial charge in [0.1, 0.15) is 0 Å². The van der Waals surface area contributed by atoms with Gasteiger partial charge in [0.25, 0.3) is 0 Å². The Morgan fingerprint density at radius 3 is 2.90 bits per heavy atom. The lowest BCUT2D eigenvalue weighted by atomic mass is 10.4. The summed E-state index contributed by atoms with van der Waals surface area (Å²) in [6, 6.07) is 0. The van der Waals surface area contributed by atoms with Crippen LogP contribution in [0.15, 0.2) is 12.2 Å². The molecule has 0 spiro atoms. The predicted molar refractivity (Wildman–Crippen MR) is 44.2 cm³/mol. The second-order valence-electron chi connectivity index (χ2n) is 2.10. The molecule has 0 aliphatic carbocycles. The Labute approximate surface area is 63.3 Å². The predicted octanol–water partition coefficient (Wildman–Crippen LogP) is 1.19. The maximum absolute atomic E-state index is 5.25. The first-order valence-corrected chi connectivity index (χ1v) is 3.75. The fourth-order valence-corrected chi connectivity index (χ4v) is 0.599. The van der Waals surface area contributed by atoms with Crippen LogP contribution < -0.4 is 5.32 Å². The Bertz CT molecular complexity index is 81.3. The van der Waals surface area contributed by atoms with Gasteiger partial charge in [0.05, 0.1) is 6.61 Å². The van der Waals surface area contributed by atoms with Gasteiger partial charge in [-0.25, -0.2) is 0 Å². The van der Waals surface area contributed by atoms with E-state index in [2.05, 4.69) is 5.32 Å². The van der Waals surface area contributed by atoms with Crippen molar-refractivity contribution in [3.8, 4) is 0 Å². The number of ether oxygens (including phenoxy) is 1.